The Bertz CT molecular complexity index is 428. The second-order valence-corrected chi connectivity index (χ2v) is 5.87. The first-order chi connectivity index (χ1) is 9.16. The molecule has 2 rings (SSSR count). The minimum absolute atomic E-state index is 0.0990. The van der Waals surface area contributed by atoms with Crippen LogP contribution in [0.3, 0.4) is 0 Å². The van der Waals surface area contributed by atoms with Crippen molar-refractivity contribution >= 4 is 21.8 Å². The maximum Gasteiger partial charge on any atom is 0.263 e. The van der Waals surface area contributed by atoms with Crippen molar-refractivity contribution in [2.24, 2.45) is 0 Å². The summed E-state index contributed by atoms with van der Waals surface area (Å²) in [7, 11) is 0. The zero-order chi connectivity index (χ0) is 13.7. The average Bonchev–Trinajstić information content (AvgIpc) is 2.66. The summed E-state index contributed by atoms with van der Waals surface area (Å²) >= 11 is 3.40. The highest BCUT2D eigenvalue weighted by Crippen LogP contribution is 2.20. The Morgan fingerprint density at radius 3 is 2.58 bits per heavy atom. The summed E-state index contributed by atoms with van der Waals surface area (Å²) in [6.45, 7) is 3.56. The number of carbonyl (C=O) groups excluding carboxylic acids is 1. The van der Waals surface area contributed by atoms with Crippen LogP contribution in [0.25, 0.3) is 0 Å². The molecule has 1 unspecified atom stereocenters. The molecule has 3 nitrogen and oxygen atoms in total. The smallest absolute Gasteiger partial charge is 0.263 e. The molecule has 1 saturated heterocycles. The van der Waals surface area contributed by atoms with E-state index in [1.54, 1.807) is 0 Å². The van der Waals surface area contributed by atoms with Gasteiger partial charge in [-0.25, -0.2) is 0 Å². The first kappa shape index (κ1) is 14.4. The van der Waals surface area contributed by atoms with Crippen molar-refractivity contribution in [1.82, 2.24) is 4.90 Å². The summed E-state index contributed by atoms with van der Waals surface area (Å²) in [5.41, 5.74) is 0. The van der Waals surface area contributed by atoms with Gasteiger partial charge in [0.2, 0.25) is 0 Å². The van der Waals surface area contributed by atoms with Crippen LogP contribution in [0.5, 0.6) is 5.75 Å². The molecule has 1 fully saturated rings. The van der Waals surface area contributed by atoms with Gasteiger partial charge in [0.05, 0.1) is 0 Å². The van der Waals surface area contributed by atoms with Crippen LogP contribution in [0.1, 0.15) is 32.6 Å². The Morgan fingerprint density at radius 2 is 1.95 bits per heavy atom. The summed E-state index contributed by atoms with van der Waals surface area (Å²) in [6, 6.07) is 7.60. The lowest BCUT2D eigenvalue weighted by molar-refractivity contribution is -0.137. The van der Waals surface area contributed by atoms with E-state index in [2.05, 4.69) is 15.9 Å². The molecular formula is C15H20BrNO2. The van der Waals surface area contributed by atoms with Gasteiger partial charge >= 0.3 is 0 Å². The van der Waals surface area contributed by atoms with E-state index in [4.69, 9.17) is 4.74 Å². The Balaban J connectivity index is 1.94. The number of hydrogen-bond donors (Lipinski definition) is 0. The van der Waals surface area contributed by atoms with Crippen LogP contribution in [-0.4, -0.2) is 30.0 Å². The van der Waals surface area contributed by atoms with Crippen molar-refractivity contribution < 1.29 is 9.53 Å². The molecule has 0 spiro atoms. The van der Waals surface area contributed by atoms with Crippen molar-refractivity contribution in [2.45, 2.75) is 38.7 Å². The van der Waals surface area contributed by atoms with E-state index in [1.807, 2.05) is 36.1 Å². The van der Waals surface area contributed by atoms with Crippen LogP contribution in [-0.2, 0) is 4.79 Å². The molecule has 0 aliphatic carbocycles. The molecule has 0 saturated carbocycles. The molecule has 0 aromatic heterocycles. The van der Waals surface area contributed by atoms with Crippen LogP contribution < -0.4 is 4.74 Å². The van der Waals surface area contributed by atoms with E-state index in [0.717, 1.165) is 36.2 Å². The van der Waals surface area contributed by atoms with E-state index >= 15 is 0 Å². The standard InChI is InChI=1S/C15H20BrNO2/c1-12(19-14-8-6-7-13(16)11-14)15(18)17-9-4-2-3-5-10-17/h6-8,11-12H,2-5,9-10H2,1H3. The quantitative estimate of drug-likeness (QED) is 0.849. The normalized spacial score (nSPS) is 17.7. The zero-order valence-corrected chi connectivity index (χ0v) is 12.9. The van der Waals surface area contributed by atoms with E-state index in [-0.39, 0.29) is 5.91 Å². The number of hydrogen-bond acceptors (Lipinski definition) is 2. The van der Waals surface area contributed by atoms with Crippen LogP contribution in [0, 0.1) is 0 Å². The SMILES string of the molecule is CC(Oc1cccc(Br)c1)C(=O)N1CCCCCC1. The number of nitrogens with zero attached hydrogens (tertiary/aromatic N) is 1. The Hall–Kier alpha value is -1.03. The van der Waals surface area contributed by atoms with Gasteiger partial charge in [-0.1, -0.05) is 34.8 Å². The van der Waals surface area contributed by atoms with Crippen LogP contribution in [0.15, 0.2) is 28.7 Å². The van der Waals surface area contributed by atoms with Gasteiger partial charge in [0.1, 0.15) is 5.75 Å². The van der Waals surface area contributed by atoms with E-state index < -0.39 is 6.10 Å². The van der Waals surface area contributed by atoms with Crippen molar-refractivity contribution in [3.8, 4) is 5.75 Å². The van der Waals surface area contributed by atoms with Crippen molar-refractivity contribution in [3.05, 3.63) is 28.7 Å². The first-order valence-corrected chi connectivity index (χ1v) is 7.67. The van der Waals surface area contributed by atoms with Crippen LogP contribution >= 0.6 is 15.9 Å². The third kappa shape index (κ3) is 4.23. The van der Waals surface area contributed by atoms with Gasteiger partial charge in [-0.3, -0.25) is 4.79 Å². The topological polar surface area (TPSA) is 29.5 Å². The number of likely N-dealkylation sites (tertiary alicyclic amines) is 1. The highest BCUT2D eigenvalue weighted by Gasteiger charge is 2.22. The van der Waals surface area contributed by atoms with Gasteiger partial charge < -0.3 is 9.64 Å². The summed E-state index contributed by atoms with van der Waals surface area (Å²) in [5, 5.41) is 0. The van der Waals surface area contributed by atoms with E-state index in [1.165, 1.54) is 12.8 Å². The average molecular weight is 326 g/mol. The van der Waals surface area contributed by atoms with Crippen molar-refractivity contribution in [2.75, 3.05) is 13.1 Å². The fourth-order valence-electron chi connectivity index (χ4n) is 2.34. The Kier molecular flexibility index (Phi) is 5.25. The molecule has 0 bridgehead atoms. The summed E-state index contributed by atoms with van der Waals surface area (Å²) in [4.78, 5) is 14.3. The maximum atomic E-state index is 12.3. The predicted molar refractivity (Wildman–Crippen MR) is 79.3 cm³/mol. The molecule has 19 heavy (non-hydrogen) atoms. The van der Waals surface area contributed by atoms with Gasteiger partial charge in [0.25, 0.3) is 5.91 Å². The maximum absolute atomic E-state index is 12.3. The molecule has 0 radical (unpaired) electrons. The van der Waals surface area contributed by atoms with Crippen LogP contribution in [0.4, 0.5) is 0 Å². The van der Waals surface area contributed by atoms with Gasteiger partial charge in [-0.05, 0) is 38.0 Å². The fraction of sp³-hybridized carbons (Fsp3) is 0.533. The highest BCUT2D eigenvalue weighted by molar-refractivity contribution is 9.10. The molecule has 104 valence electrons. The number of rotatable bonds is 3. The lowest BCUT2D eigenvalue weighted by atomic mass is 10.2. The molecule has 1 aliphatic rings. The molecule has 1 atom stereocenters. The molecule has 1 aromatic carbocycles. The molecule has 0 N–H and O–H groups in total. The summed E-state index contributed by atoms with van der Waals surface area (Å²) in [6.07, 6.45) is 4.24. The van der Waals surface area contributed by atoms with Gasteiger partial charge in [0.15, 0.2) is 6.10 Å². The van der Waals surface area contributed by atoms with Gasteiger partial charge in [-0.2, -0.15) is 0 Å². The Labute approximate surface area is 123 Å². The van der Waals surface area contributed by atoms with E-state index in [9.17, 15) is 4.79 Å². The second kappa shape index (κ2) is 6.94. The summed E-state index contributed by atoms with van der Waals surface area (Å²) in [5.74, 6) is 0.826. The lowest BCUT2D eigenvalue weighted by Crippen LogP contribution is -2.40. The van der Waals surface area contributed by atoms with Crippen molar-refractivity contribution in [3.63, 3.8) is 0 Å². The summed E-state index contributed by atoms with van der Waals surface area (Å²) < 4.78 is 6.69. The largest absolute Gasteiger partial charge is 0.481 e. The van der Waals surface area contributed by atoms with Crippen molar-refractivity contribution in [1.29, 1.82) is 0 Å². The monoisotopic (exact) mass is 325 g/mol. The molecule has 1 aliphatic heterocycles. The fourth-order valence-corrected chi connectivity index (χ4v) is 2.72. The third-order valence-electron chi connectivity index (χ3n) is 3.37. The zero-order valence-electron chi connectivity index (χ0n) is 11.3. The highest BCUT2D eigenvalue weighted by atomic mass is 79.9. The van der Waals surface area contributed by atoms with Gasteiger partial charge in [-0.15, -0.1) is 0 Å². The number of amides is 1. The van der Waals surface area contributed by atoms with E-state index in [0.29, 0.717) is 0 Å². The molecule has 1 heterocycles. The predicted octanol–water partition coefficient (Wildman–Crippen LogP) is 3.62. The minimum atomic E-state index is -0.424. The van der Waals surface area contributed by atoms with Crippen LogP contribution in [0.2, 0.25) is 0 Å². The Morgan fingerprint density at radius 1 is 1.26 bits per heavy atom. The second-order valence-electron chi connectivity index (χ2n) is 4.96. The molecule has 1 aromatic rings. The number of carbonyl (C=O) groups is 1. The lowest BCUT2D eigenvalue weighted by Gasteiger charge is -2.24. The molecular weight excluding hydrogens is 306 g/mol. The molecule has 4 heteroatoms. The first-order valence-electron chi connectivity index (χ1n) is 6.88. The number of ether oxygens (including phenoxy) is 1. The molecule has 1 amide bonds. The third-order valence-corrected chi connectivity index (χ3v) is 3.87. The number of halogens is 1. The number of benzene rings is 1. The minimum Gasteiger partial charge on any atom is -0.481 e. The van der Waals surface area contributed by atoms with Gasteiger partial charge in [0, 0.05) is 17.6 Å².